The molecule has 0 aliphatic heterocycles. The van der Waals surface area contributed by atoms with Crippen molar-refractivity contribution in [3.05, 3.63) is 0 Å². The van der Waals surface area contributed by atoms with Crippen molar-refractivity contribution in [2.45, 2.75) is 40.2 Å². The van der Waals surface area contributed by atoms with E-state index in [-0.39, 0.29) is 17.2 Å². The van der Waals surface area contributed by atoms with Gasteiger partial charge in [0.25, 0.3) is 0 Å². The molecule has 0 aromatic heterocycles. The van der Waals surface area contributed by atoms with Gasteiger partial charge in [-0.25, -0.2) is 13.1 Å². The summed E-state index contributed by atoms with van der Waals surface area (Å²) in [5.41, 5.74) is 0.0619. The average molecular weight is 286 g/mol. The van der Waals surface area contributed by atoms with Gasteiger partial charge in [-0.3, -0.25) is 0 Å². The lowest BCUT2D eigenvalue weighted by Gasteiger charge is -2.19. The Kier molecular flexibility index (Phi) is 5.62. The van der Waals surface area contributed by atoms with Crippen molar-refractivity contribution >= 4 is 26.0 Å². The maximum Gasteiger partial charge on any atom is 0.211 e. The normalized spacial score (nSPS) is 15.5. The third kappa shape index (κ3) is 7.76. The first kappa shape index (κ1) is 14.4. The summed E-state index contributed by atoms with van der Waals surface area (Å²) in [7, 11) is -3.11. The molecule has 0 aromatic rings. The molecule has 0 heterocycles. The minimum atomic E-state index is -3.11. The van der Waals surface area contributed by atoms with Crippen LogP contribution < -0.4 is 4.72 Å². The lowest BCUT2D eigenvalue weighted by molar-refractivity contribution is 0.396. The molecule has 1 unspecified atom stereocenters. The smallest absolute Gasteiger partial charge is 0.211 e. The Morgan fingerprint density at radius 1 is 1.36 bits per heavy atom. The third-order valence-electron chi connectivity index (χ3n) is 1.73. The third-order valence-corrected chi connectivity index (χ3v) is 4.21. The lowest BCUT2D eigenvalue weighted by atomic mass is 9.94. The van der Waals surface area contributed by atoms with Crippen LogP contribution in [-0.4, -0.2) is 25.5 Å². The number of halogens is 1. The molecular formula is C9H20BrNO2S. The van der Waals surface area contributed by atoms with Gasteiger partial charge >= 0.3 is 0 Å². The largest absolute Gasteiger partial charge is 0.212 e. The fourth-order valence-corrected chi connectivity index (χ4v) is 2.91. The summed E-state index contributed by atoms with van der Waals surface area (Å²) in [6.45, 7) is 7.95. The van der Waals surface area contributed by atoms with Crippen LogP contribution in [0.4, 0.5) is 0 Å². The number of alkyl halides is 1. The highest BCUT2D eigenvalue weighted by molar-refractivity contribution is 9.09. The van der Waals surface area contributed by atoms with Crippen molar-refractivity contribution in [1.82, 2.24) is 4.72 Å². The Balaban J connectivity index is 4.10. The van der Waals surface area contributed by atoms with Gasteiger partial charge in [-0.2, -0.15) is 0 Å². The second-order valence-corrected chi connectivity index (χ2v) is 7.32. The highest BCUT2D eigenvalue weighted by Crippen LogP contribution is 2.18. The van der Waals surface area contributed by atoms with E-state index in [4.69, 9.17) is 0 Å². The van der Waals surface area contributed by atoms with Crippen LogP contribution in [0.25, 0.3) is 0 Å². The first-order chi connectivity index (χ1) is 6.16. The summed E-state index contributed by atoms with van der Waals surface area (Å²) < 4.78 is 25.6. The maximum absolute atomic E-state index is 11.5. The van der Waals surface area contributed by atoms with Crippen LogP contribution in [-0.2, 0) is 10.0 Å². The van der Waals surface area contributed by atoms with Gasteiger partial charge in [0.15, 0.2) is 0 Å². The molecule has 1 N–H and O–H groups in total. The molecule has 0 spiro atoms. The molecule has 0 amide bonds. The highest BCUT2D eigenvalue weighted by Gasteiger charge is 2.18. The topological polar surface area (TPSA) is 46.2 Å². The lowest BCUT2D eigenvalue weighted by Crippen LogP contribution is -2.36. The molecule has 86 valence electrons. The van der Waals surface area contributed by atoms with E-state index in [0.29, 0.717) is 11.8 Å². The average Bonchev–Trinajstić information content (AvgIpc) is 1.99. The molecule has 0 rings (SSSR count). The monoisotopic (exact) mass is 285 g/mol. The van der Waals surface area contributed by atoms with E-state index in [1.165, 1.54) is 0 Å². The molecule has 0 aromatic carbocycles. The molecule has 5 heteroatoms. The van der Waals surface area contributed by atoms with Gasteiger partial charge in [0.05, 0.1) is 5.75 Å². The summed E-state index contributed by atoms with van der Waals surface area (Å²) in [6, 6.07) is -0.0417. The summed E-state index contributed by atoms with van der Waals surface area (Å²) in [5.74, 6) is 0.202. The van der Waals surface area contributed by atoms with Gasteiger partial charge in [0.1, 0.15) is 0 Å². The fourth-order valence-electron chi connectivity index (χ4n) is 0.837. The molecule has 0 saturated heterocycles. The molecular weight excluding hydrogens is 266 g/mol. The molecule has 0 aliphatic carbocycles. The number of hydrogen-bond donors (Lipinski definition) is 1. The van der Waals surface area contributed by atoms with Crippen LogP contribution >= 0.6 is 15.9 Å². The zero-order chi connectivity index (χ0) is 11.4. The van der Waals surface area contributed by atoms with E-state index in [1.54, 1.807) is 0 Å². The van der Waals surface area contributed by atoms with Gasteiger partial charge in [-0.05, 0) is 18.8 Å². The highest BCUT2D eigenvalue weighted by atomic mass is 79.9. The summed E-state index contributed by atoms with van der Waals surface area (Å²) in [4.78, 5) is 0. The van der Waals surface area contributed by atoms with Crippen molar-refractivity contribution in [3.8, 4) is 0 Å². The zero-order valence-corrected chi connectivity index (χ0v) is 11.7. The molecule has 0 bridgehead atoms. The Labute approximate surface area is 95.8 Å². The minimum absolute atomic E-state index is 0.0417. The second kappa shape index (κ2) is 5.47. The van der Waals surface area contributed by atoms with Crippen molar-refractivity contribution in [1.29, 1.82) is 0 Å². The van der Waals surface area contributed by atoms with E-state index >= 15 is 0 Å². The number of nitrogens with one attached hydrogen (secondary N) is 1. The van der Waals surface area contributed by atoms with E-state index < -0.39 is 10.0 Å². The first-order valence-electron chi connectivity index (χ1n) is 4.72. The van der Waals surface area contributed by atoms with Crippen LogP contribution in [0.5, 0.6) is 0 Å². The predicted molar refractivity (Wildman–Crippen MR) is 64.3 cm³/mol. The maximum atomic E-state index is 11.5. The van der Waals surface area contributed by atoms with Gasteiger partial charge < -0.3 is 0 Å². The van der Waals surface area contributed by atoms with E-state index in [0.717, 1.165) is 0 Å². The molecule has 3 nitrogen and oxygen atoms in total. The second-order valence-electron chi connectivity index (χ2n) is 4.80. The Bertz CT molecular complexity index is 256. The summed E-state index contributed by atoms with van der Waals surface area (Å²) >= 11 is 3.23. The summed E-state index contributed by atoms with van der Waals surface area (Å²) in [5, 5.41) is 0.641. The van der Waals surface area contributed by atoms with Crippen molar-refractivity contribution in [3.63, 3.8) is 0 Å². The van der Waals surface area contributed by atoms with E-state index in [9.17, 15) is 8.42 Å². The predicted octanol–water partition coefficient (Wildman–Crippen LogP) is 2.13. The Morgan fingerprint density at radius 2 is 1.86 bits per heavy atom. The summed E-state index contributed by atoms with van der Waals surface area (Å²) in [6.07, 6.45) is 0.678. The molecule has 14 heavy (non-hydrogen) atoms. The van der Waals surface area contributed by atoms with Gasteiger partial charge in [0, 0.05) is 11.4 Å². The molecule has 1 atom stereocenters. The van der Waals surface area contributed by atoms with Gasteiger partial charge in [-0.1, -0.05) is 36.7 Å². The van der Waals surface area contributed by atoms with Crippen molar-refractivity contribution < 1.29 is 8.42 Å². The van der Waals surface area contributed by atoms with E-state index in [1.807, 2.05) is 27.7 Å². The molecule has 0 aliphatic rings. The number of sulfonamides is 1. The van der Waals surface area contributed by atoms with Crippen LogP contribution in [0.3, 0.4) is 0 Å². The first-order valence-corrected chi connectivity index (χ1v) is 7.49. The van der Waals surface area contributed by atoms with E-state index in [2.05, 4.69) is 20.7 Å². The van der Waals surface area contributed by atoms with Crippen LogP contribution in [0.15, 0.2) is 0 Å². The minimum Gasteiger partial charge on any atom is -0.212 e. The standard InChI is InChI=1S/C9H20BrNO2S/c1-8(7-10)11-14(12,13)6-5-9(2,3)4/h8,11H,5-7H2,1-4H3. The Morgan fingerprint density at radius 3 is 2.21 bits per heavy atom. The van der Waals surface area contributed by atoms with Crippen LogP contribution in [0, 0.1) is 5.41 Å². The molecule has 0 saturated carbocycles. The number of hydrogen-bond acceptors (Lipinski definition) is 2. The molecule has 0 fully saturated rings. The van der Waals surface area contributed by atoms with Crippen molar-refractivity contribution in [2.75, 3.05) is 11.1 Å². The van der Waals surface area contributed by atoms with Gasteiger partial charge in [0.2, 0.25) is 10.0 Å². The molecule has 0 radical (unpaired) electrons. The number of rotatable bonds is 5. The van der Waals surface area contributed by atoms with Crippen LogP contribution in [0.2, 0.25) is 0 Å². The SMILES string of the molecule is CC(CBr)NS(=O)(=O)CCC(C)(C)C. The van der Waals surface area contributed by atoms with Crippen LogP contribution in [0.1, 0.15) is 34.1 Å². The van der Waals surface area contributed by atoms with Gasteiger partial charge in [-0.15, -0.1) is 0 Å². The quantitative estimate of drug-likeness (QED) is 0.787. The Hall–Kier alpha value is 0.390. The fraction of sp³-hybridized carbons (Fsp3) is 1.00. The van der Waals surface area contributed by atoms with Crippen molar-refractivity contribution in [2.24, 2.45) is 5.41 Å². The zero-order valence-electron chi connectivity index (χ0n) is 9.30.